The van der Waals surface area contributed by atoms with Crippen LogP contribution in [0.2, 0.25) is 0 Å². The first-order valence-corrected chi connectivity index (χ1v) is 12.8. The van der Waals surface area contributed by atoms with E-state index < -0.39 is 0 Å². The van der Waals surface area contributed by atoms with E-state index in [1.807, 2.05) is 84.0 Å². The van der Waals surface area contributed by atoms with Crippen molar-refractivity contribution in [3.63, 3.8) is 0 Å². The lowest BCUT2D eigenvalue weighted by atomic mass is 10.0. The highest BCUT2D eigenvalue weighted by Crippen LogP contribution is 2.21. The number of hydrogen-bond donors (Lipinski definition) is 3. The van der Waals surface area contributed by atoms with Gasteiger partial charge in [-0.3, -0.25) is 14.6 Å². The van der Waals surface area contributed by atoms with Crippen LogP contribution < -0.4 is 15.4 Å². The first kappa shape index (κ1) is 29.8. The molecule has 37 heavy (non-hydrogen) atoms. The highest BCUT2D eigenvalue weighted by Gasteiger charge is 2.16. The summed E-state index contributed by atoms with van der Waals surface area (Å²) in [7, 11) is 0. The molecule has 0 aliphatic carbocycles. The van der Waals surface area contributed by atoms with Crippen LogP contribution in [0.1, 0.15) is 75.0 Å². The predicted octanol–water partition coefficient (Wildman–Crippen LogP) is 4.85. The van der Waals surface area contributed by atoms with E-state index in [1.54, 1.807) is 6.07 Å². The van der Waals surface area contributed by atoms with E-state index in [0.29, 0.717) is 18.4 Å². The average Bonchev–Trinajstić information content (AvgIpc) is 2.83. The van der Waals surface area contributed by atoms with Gasteiger partial charge in [-0.1, -0.05) is 30.3 Å². The Balaban J connectivity index is 2.10. The van der Waals surface area contributed by atoms with E-state index in [1.165, 1.54) is 6.92 Å². The number of nitrogens with zero attached hydrogens (tertiary/aromatic N) is 1. The van der Waals surface area contributed by atoms with Crippen molar-refractivity contribution in [1.29, 1.82) is 0 Å². The highest BCUT2D eigenvalue weighted by atomic mass is 16.5. The molecule has 200 valence electrons. The van der Waals surface area contributed by atoms with Crippen LogP contribution in [0.15, 0.2) is 53.5 Å². The molecule has 0 aliphatic heterocycles. The van der Waals surface area contributed by atoms with E-state index in [9.17, 15) is 14.7 Å². The molecule has 0 fully saturated rings. The number of benzene rings is 2. The van der Waals surface area contributed by atoms with Crippen molar-refractivity contribution in [2.45, 2.75) is 79.5 Å². The zero-order valence-corrected chi connectivity index (χ0v) is 23.1. The van der Waals surface area contributed by atoms with Gasteiger partial charge in [0.05, 0.1) is 17.8 Å². The fraction of sp³-hybridized carbons (Fsp3) is 0.433. The molecular formula is C30H41N3O4. The minimum Gasteiger partial charge on any atom is -0.491 e. The van der Waals surface area contributed by atoms with Crippen molar-refractivity contribution in [3.05, 3.63) is 70.8 Å². The highest BCUT2D eigenvalue weighted by molar-refractivity contribution is 5.95. The number of ether oxygens (including phenoxy) is 1. The number of aryl methyl sites for hydroxylation is 1. The van der Waals surface area contributed by atoms with Crippen molar-refractivity contribution >= 4 is 23.2 Å². The minimum absolute atomic E-state index is 0.0214. The molecule has 2 amide bonds. The lowest BCUT2D eigenvalue weighted by Gasteiger charge is -2.19. The molecule has 0 bridgehead atoms. The molecule has 0 heterocycles. The number of allylic oxidation sites excluding steroid dienone is 1. The second kappa shape index (κ2) is 14.3. The quantitative estimate of drug-likeness (QED) is 0.358. The van der Waals surface area contributed by atoms with Gasteiger partial charge in [-0.05, 0) is 89.3 Å². The third kappa shape index (κ3) is 9.50. The Morgan fingerprint density at radius 3 is 2.22 bits per heavy atom. The Morgan fingerprint density at radius 2 is 1.68 bits per heavy atom. The van der Waals surface area contributed by atoms with Crippen LogP contribution in [-0.2, 0) is 11.2 Å². The third-order valence-electron chi connectivity index (χ3n) is 5.96. The topological polar surface area (TPSA) is 100 Å². The summed E-state index contributed by atoms with van der Waals surface area (Å²) in [6.45, 7) is 13.1. The van der Waals surface area contributed by atoms with Crippen molar-refractivity contribution < 1.29 is 19.4 Å². The van der Waals surface area contributed by atoms with Gasteiger partial charge in [0.2, 0.25) is 5.91 Å². The molecule has 2 aromatic carbocycles. The van der Waals surface area contributed by atoms with Gasteiger partial charge in [0.15, 0.2) is 0 Å². The SMILES string of the molecule is C/C=C(\N=C(C)[C@@H](C)NC(C)=O)c1ccc(C[C@@H](CCO)NC(=O)c2ccc(OC(C)C)c(C)c2)cc1. The fourth-order valence-corrected chi connectivity index (χ4v) is 3.91. The number of aliphatic hydroxyl groups excluding tert-OH is 1. The standard InChI is InChI=1S/C30H41N3O4/c1-8-28(32-22(6)21(5)31-23(7)35)25-11-9-24(10-12-25)18-27(15-16-34)33-30(36)26-13-14-29(20(4)17-26)37-19(2)3/h8-14,17,19,21,27,34H,15-16,18H2,1-7H3,(H,31,35)(H,33,36)/b28-8-,32-22?/t21-,27-/m1/s1. The number of rotatable bonds is 12. The number of aliphatic hydroxyl groups is 1. The van der Waals surface area contributed by atoms with Gasteiger partial charge in [0.25, 0.3) is 5.91 Å². The van der Waals surface area contributed by atoms with Gasteiger partial charge >= 0.3 is 0 Å². The molecule has 0 saturated carbocycles. The maximum Gasteiger partial charge on any atom is 0.251 e. The zero-order chi connectivity index (χ0) is 27.5. The van der Waals surface area contributed by atoms with Gasteiger partial charge in [-0.15, -0.1) is 0 Å². The maximum atomic E-state index is 12.9. The number of hydrogen-bond acceptors (Lipinski definition) is 5. The predicted molar refractivity (Wildman–Crippen MR) is 150 cm³/mol. The van der Waals surface area contributed by atoms with Gasteiger partial charge in [0, 0.05) is 30.8 Å². The molecule has 0 saturated heterocycles. The Kier molecular flexibility index (Phi) is 11.5. The first-order valence-electron chi connectivity index (χ1n) is 12.8. The average molecular weight is 508 g/mol. The molecule has 0 aliphatic rings. The summed E-state index contributed by atoms with van der Waals surface area (Å²) in [4.78, 5) is 29.0. The number of carbonyl (C=O) groups excluding carboxylic acids is 2. The monoisotopic (exact) mass is 507 g/mol. The van der Waals surface area contributed by atoms with Crippen molar-refractivity contribution in [2.24, 2.45) is 4.99 Å². The molecule has 7 heteroatoms. The first-order chi connectivity index (χ1) is 17.5. The van der Waals surface area contributed by atoms with E-state index in [-0.39, 0.29) is 36.6 Å². The zero-order valence-electron chi connectivity index (χ0n) is 23.1. The van der Waals surface area contributed by atoms with Crippen LogP contribution in [0.3, 0.4) is 0 Å². The smallest absolute Gasteiger partial charge is 0.251 e. The summed E-state index contributed by atoms with van der Waals surface area (Å²) in [5.74, 6) is 0.497. The molecule has 0 spiro atoms. The fourth-order valence-electron chi connectivity index (χ4n) is 3.91. The largest absolute Gasteiger partial charge is 0.491 e. The Bertz CT molecular complexity index is 1120. The van der Waals surface area contributed by atoms with E-state index in [2.05, 4.69) is 10.6 Å². The van der Waals surface area contributed by atoms with Crippen LogP contribution in [0, 0.1) is 6.92 Å². The number of carbonyl (C=O) groups is 2. The molecule has 0 unspecified atom stereocenters. The maximum absolute atomic E-state index is 12.9. The molecule has 2 rings (SSSR count). The van der Waals surface area contributed by atoms with Gasteiger partial charge < -0.3 is 20.5 Å². The number of aliphatic imine (C=N–C) groups is 1. The van der Waals surface area contributed by atoms with Gasteiger partial charge in [0.1, 0.15) is 5.75 Å². The second-order valence-corrected chi connectivity index (χ2v) is 9.58. The number of amides is 2. The number of nitrogens with one attached hydrogen (secondary N) is 2. The molecule has 3 N–H and O–H groups in total. The van der Waals surface area contributed by atoms with Crippen LogP contribution >= 0.6 is 0 Å². The van der Waals surface area contributed by atoms with E-state index in [4.69, 9.17) is 9.73 Å². The second-order valence-electron chi connectivity index (χ2n) is 9.58. The Labute approximate surface area is 221 Å². The van der Waals surface area contributed by atoms with E-state index >= 15 is 0 Å². The molecule has 2 aromatic rings. The minimum atomic E-state index is -0.213. The third-order valence-corrected chi connectivity index (χ3v) is 5.96. The lowest BCUT2D eigenvalue weighted by Crippen LogP contribution is -2.37. The Hall–Kier alpha value is -3.45. The molecule has 2 atom stereocenters. The lowest BCUT2D eigenvalue weighted by molar-refractivity contribution is -0.119. The summed E-state index contributed by atoms with van der Waals surface area (Å²) in [5, 5.41) is 15.5. The van der Waals surface area contributed by atoms with Gasteiger partial charge in [-0.2, -0.15) is 0 Å². The van der Waals surface area contributed by atoms with Crippen molar-refractivity contribution in [1.82, 2.24) is 10.6 Å². The van der Waals surface area contributed by atoms with Crippen LogP contribution in [0.5, 0.6) is 5.75 Å². The van der Waals surface area contributed by atoms with E-state index in [0.717, 1.165) is 33.8 Å². The molecule has 0 radical (unpaired) electrons. The van der Waals surface area contributed by atoms with Crippen LogP contribution in [0.25, 0.3) is 5.70 Å². The van der Waals surface area contributed by atoms with Gasteiger partial charge in [-0.25, -0.2) is 0 Å². The molecule has 0 aromatic heterocycles. The van der Waals surface area contributed by atoms with Crippen molar-refractivity contribution in [3.8, 4) is 5.75 Å². The summed E-state index contributed by atoms with van der Waals surface area (Å²) in [6.07, 6.45) is 3.04. The normalized spacial score (nSPS) is 13.8. The summed E-state index contributed by atoms with van der Waals surface area (Å²) >= 11 is 0. The summed E-state index contributed by atoms with van der Waals surface area (Å²) in [6, 6.07) is 13.1. The van der Waals surface area contributed by atoms with Crippen LogP contribution in [-0.4, -0.2) is 47.4 Å². The molecule has 7 nitrogen and oxygen atoms in total. The van der Waals surface area contributed by atoms with Crippen LogP contribution in [0.4, 0.5) is 0 Å². The Morgan fingerprint density at radius 1 is 1.03 bits per heavy atom. The molecular weight excluding hydrogens is 466 g/mol. The summed E-state index contributed by atoms with van der Waals surface area (Å²) in [5.41, 5.74) is 5.11. The summed E-state index contributed by atoms with van der Waals surface area (Å²) < 4.78 is 5.77. The van der Waals surface area contributed by atoms with Crippen molar-refractivity contribution in [2.75, 3.05) is 6.61 Å².